The summed E-state index contributed by atoms with van der Waals surface area (Å²) in [5, 5.41) is 4.88. The number of fused-ring (bicyclic) bond motifs is 7. The first-order valence-corrected chi connectivity index (χ1v) is 16.2. The number of nitrogens with zero attached hydrogens (tertiary/aromatic N) is 2. The second-order valence-corrected chi connectivity index (χ2v) is 15.2. The van der Waals surface area contributed by atoms with Crippen molar-refractivity contribution in [2.24, 2.45) is 0 Å². The van der Waals surface area contributed by atoms with Crippen molar-refractivity contribution in [3.05, 3.63) is 84.7 Å². The molecule has 0 unspecified atom stereocenters. The van der Waals surface area contributed by atoms with Crippen molar-refractivity contribution < 1.29 is 8.78 Å². The molecule has 0 amide bonds. The third-order valence-electron chi connectivity index (χ3n) is 6.34. The van der Waals surface area contributed by atoms with Gasteiger partial charge in [0.05, 0.1) is 0 Å². The molecule has 0 atom stereocenters. The summed E-state index contributed by atoms with van der Waals surface area (Å²) in [7, 11) is 0. The van der Waals surface area contributed by atoms with Gasteiger partial charge in [0.15, 0.2) is 0 Å². The topological polar surface area (TPSA) is 25.8 Å². The van der Waals surface area contributed by atoms with Crippen LogP contribution in [0, 0.1) is 11.6 Å². The van der Waals surface area contributed by atoms with Crippen LogP contribution in [0.2, 0.25) is 0 Å². The summed E-state index contributed by atoms with van der Waals surface area (Å²) in [5.41, 5.74) is 0.942. The third-order valence-corrected chi connectivity index (χ3v) is 13.5. The normalized spacial score (nSPS) is 12.2. The molecule has 172 valence electrons. The van der Waals surface area contributed by atoms with Crippen LogP contribution in [0.25, 0.3) is 69.1 Å². The first-order chi connectivity index (χ1) is 17.6. The van der Waals surface area contributed by atoms with Gasteiger partial charge in [-0.15, -0.1) is 0 Å². The Morgan fingerprint density at radius 1 is 0.611 bits per heavy atom. The monoisotopic (exact) mass is 638 g/mol. The molecule has 8 rings (SSSR count). The molecule has 8 heteroatoms. The van der Waals surface area contributed by atoms with Gasteiger partial charge in [0, 0.05) is 0 Å². The number of pyridine rings is 2. The zero-order valence-corrected chi connectivity index (χ0v) is 23.3. The zero-order valence-electron chi connectivity index (χ0n) is 18.2. The molecule has 0 aliphatic rings. The SMILES string of the molecule is Fc1cccnc1-c1cc2cc3c(cc2[se]1)sc1c2cc4cc(-c5ncccc5F)[se]c4cc2sc31. The van der Waals surface area contributed by atoms with Gasteiger partial charge < -0.3 is 0 Å². The van der Waals surface area contributed by atoms with Gasteiger partial charge in [-0.3, -0.25) is 0 Å². The Morgan fingerprint density at radius 2 is 1.08 bits per heavy atom. The van der Waals surface area contributed by atoms with Crippen molar-refractivity contribution in [2.75, 3.05) is 0 Å². The first kappa shape index (κ1) is 21.4. The maximum absolute atomic E-state index is 14.3. The molecule has 8 aromatic rings. The second kappa shape index (κ2) is 7.90. The van der Waals surface area contributed by atoms with Gasteiger partial charge in [-0.2, -0.15) is 0 Å². The molecule has 0 fully saturated rings. The quantitative estimate of drug-likeness (QED) is 0.179. The van der Waals surface area contributed by atoms with Crippen molar-refractivity contribution >= 4 is 101 Å². The van der Waals surface area contributed by atoms with E-state index in [4.69, 9.17) is 0 Å². The predicted octanol–water partition coefficient (Wildman–Crippen LogP) is 8.09. The fraction of sp³-hybridized carbons (Fsp3) is 0. The van der Waals surface area contributed by atoms with E-state index in [2.05, 4.69) is 46.4 Å². The number of aromatic nitrogens is 2. The van der Waals surface area contributed by atoms with E-state index in [9.17, 15) is 8.78 Å². The average molecular weight is 636 g/mol. The summed E-state index contributed by atoms with van der Waals surface area (Å²) in [6, 6.07) is 19.6. The number of benzene rings is 2. The molecule has 0 radical (unpaired) electrons. The molecule has 0 aliphatic heterocycles. The zero-order chi connectivity index (χ0) is 24.0. The van der Waals surface area contributed by atoms with Crippen molar-refractivity contribution in [1.82, 2.24) is 9.97 Å². The van der Waals surface area contributed by atoms with Gasteiger partial charge in [-0.25, -0.2) is 0 Å². The van der Waals surface area contributed by atoms with E-state index >= 15 is 0 Å². The summed E-state index contributed by atoms with van der Waals surface area (Å²) in [5.74, 6) is -0.519. The summed E-state index contributed by atoms with van der Waals surface area (Å²) in [4.78, 5) is 8.58. The number of hydrogen-bond acceptors (Lipinski definition) is 4. The van der Waals surface area contributed by atoms with E-state index in [1.54, 1.807) is 24.5 Å². The van der Waals surface area contributed by atoms with Crippen molar-refractivity contribution in [3.63, 3.8) is 0 Å². The van der Waals surface area contributed by atoms with Gasteiger partial charge in [0.1, 0.15) is 0 Å². The molecule has 0 saturated heterocycles. The Bertz CT molecular complexity index is 2000. The molecule has 0 aliphatic carbocycles. The van der Waals surface area contributed by atoms with Crippen molar-refractivity contribution in [1.29, 1.82) is 0 Å². The molecule has 6 heterocycles. The summed E-state index contributed by atoms with van der Waals surface area (Å²) in [6.45, 7) is 0. The Balaban J connectivity index is 1.31. The van der Waals surface area contributed by atoms with Gasteiger partial charge in [0.25, 0.3) is 0 Å². The molecule has 2 aromatic carbocycles. The van der Waals surface area contributed by atoms with Crippen molar-refractivity contribution in [3.8, 4) is 20.3 Å². The van der Waals surface area contributed by atoms with Gasteiger partial charge in [-0.05, 0) is 0 Å². The number of rotatable bonds is 2. The van der Waals surface area contributed by atoms with Gasteiger partial charge in [0.2, 0.25) is 0 Å². The van der Waals surface area contributed by atoms with Gasteiger partial charge >= 0.3 is 224 Å². The summed E-state index contributed by atoms with van der Waals surface area (Å²) < 4.78 is 38.4. The molecule has 0 spiro atoms. The van der Waals surface area contributed by atoms with Crippen LogP contribution < -0.4 is 0 Å². The van der Waals surface area contributed by atoms with E-state index in [1.165, 1.54) is 61.0 Å². The predicted molar refractivity (Wildman–Crippen MR) is 150 cm³/mol. The number of hydrogen-bond donors (Lipinski definition) is 0. The number of halogens is 2. The van der Waals surface area contributed by atoms with Crippen LogP contribution >= 0.6 is 22.7 Å². The van der Waals surface area contributed by atoms with Gasteiger partial charge in [-0.1, -0.05) is 0 Å². The maximum atomic E-state index is 14.3. The molecule has 0 saturated carbocycles. The van der Waals surface area contributed by atoms with E-state index in [-0.39, 0.29) is 40.6 Å². The van der Waals surface area contributed by atoms with E-state index in [0.29, 0.717) is 11.4 Å². The molecular weight excluding hydrogens is 624 g/mol. The fourth-order valence-corrected chi connectivity index (χ4v) is 12.3. The molecule has 6 aromatic heterocycles. The van der Waals surface area contributed by atoms with E-state index in [0.717, 1.165) is 8.87 Å². The molecule has 0 N–H and O–H groups in total. The summed E-state index contributed by atoms with van der Waals surface area (Å²) in [6.07, 6.45) is 3.31. The van der Waals surface area contributed by atoms with Crippen LogP contribution in [0.3, 0.4) is 0 Å². The standard InChI is InChI=1S/C28H12F2N2S2Se2/c29-17-3-1-5-31-25(17)23-9-13-7-15-19(11-21(13)35-23)33-28-16-8-14-10-24(26-18(30)4-2-6-32-26)36-22(14)12-20(16)34-27(15)28/h1-12H. The van der Waals surface area contributed by atoms with Crippen LogP contribution in [0.4, 0.5) is 8.78 Å². The summed E-state index contributed by atoms with van der Waals surface area (Å²) >= 11 is 3.72. The minimum atomic E-state index is -0.259. The first-order valence-electron chi connectivity index (χ1n) is 11.1. The van der Waals surface area contributed by atoms with Crippen LogP contribution in [0.5, 0.6) is 0 Å². The molecule has 36 heavy (non-hydrogen) atoms. The van der Waals surface area contributed by atoms with E-state index in [1.807, 2.05) is 22.7 Å². The molecular formula is C28H12F2N2S2Se2. The van der Waals surface area contributed by atoms with Crippen LogP contribution in [0.1, 0.15) is 0 Å². The minimum absolute atomic E-state index is 0.0308. The Morgan fingerprint density at radius 3 is 1.53 bits per heavy atom. The average Bonchev–Trinajstić information content (AvgIpc) is 3.63. The fourth-order valence-electron chi connectivity index (χ4n) is 4.69. The number of thiophene rings is 2. The van der Waals surface area contributed by atoms with Crippen LogP contribution in [0.15, 0.2) is 73.1 Å². The van der Waals surface area contributed by atoms with Crippen molar-refractivity contribution in [2.45, 2.75) is 0 Å². The Kier molecular flexibility index (Phi) is 4.69. The second-order valence-electron chi connectivity index (χ2n) is 8.52. The third kappa shape index (κ3) is 3.16. The molecule has 0 bridgehead atoms. The van der Waals surface area contributed by atoms with Crippen LogP contribution in [-0.4, -0.2) is 39.0 Å². The van der Waals surface area contributed by atoms with Crippen LogP contribution in [-0.2, 0) is 0 Å². The molecule has 2 nitrogen and oxygen atoms in total. The Hall–Kier alpha value is -2.70. The van der Waals surface area contributed by atoms with E-state index < -0.39 is 0 Å². The Labute approximate surface area is 223 Å².